The van der Waals surface area contributed by atoms with Gasteiger partial charge in [-0.25, -0.2) is 0 Å². The van der Waals surface area contributed by atoms with Gasteiger partial charge in [0.25, 0.3) is 11.8 Å². The fraction of sp³-hybridized carbons (Fsp3) is 0.0476. The molecule has 0 aromatic heterocycles. The molecular formula is C21H16Br2N2O2. The quantitative estimate of drug-likeness (QED) is 0.472. The van der Waals surface area contributed by atoms with Gasteiger partial charge in [0.2, 0.25) is 0 Å². The third kappa shape index (κ3) is 5.05. The van der Waals surface area contributed by atoms with Crippen molar-refractivity contribution < 1.29 is 9.59 Å². The van der Waals surface area contributed by atoms with Crippen molar-refractivity contribution in [3.63, 3.8) is 0 Å². The molecule has 0 atom stereocenters. The Labute approximate surface area is 174 Å². The number of benzene rings is 3. The van der Waals surface area contributed by atoms with E-state index in [-0.39, 0.29) is 11.8 Å². The van der Waals surface area contributed by atoms with Gasteiger partial charge in [0, 0.05) is 20.1 Å². The summed E-state index contributed by atoms with van der Waals surface area (Å²) >= 11 is 6.73. The van der Waals surface area contributed by atoms with Gasteiger partial charge >= 0.3 is 0 Å². The minimum absolute atomic E-state index is 0.250. The normalized spacial score (nSPS) is 10.3. The number of nitrogens with one attached hydrogen (secondary N) is 2. The second-order valence-electron chi connectivity index (χ2n) is 5.98. The molecule has 136 valence electrons. The molecule has 0 saturated carbocycles. The maximum atomic E-state index is 12.6. The zero-order chi connectivity index (χ0) is 19.4. The molecule has 2 N–H and O–H groups in total. The largest absolute Gasteiger partial charge is 0.320 e. The summed E-state index contributed by atoms with van der Waals surface area (Å²) in [6.07, 6.45) is 0. The van der Waals surface area contributed by atoms with Crippen LogP contribution in [-0.4, -0.2) is 11.8 Å². The van der Waals surface area contributed by atoms with Crippen LogP contribution in [0.1, 0.15) is 26.3 Å². The number of hydrogen-bond donors (Lipinski definition) is 2. The number of carbonyl (C=O) groups excluding carboxylic acids is 2. The van der Waals surface area contributed by atoms with Gasteiger partial charge in [-0.1, -0.05) is 50.1 Å². The molecule has 0 spiro atoms. The molecule has 0 unspecified atom stereocenters. The highest BCUT2D eigenvalue weighted by Gasteiger charge is 2.13. The summed E-state index contributed by atoms with van der Waals surface area (Å²) in [5.41, 5.74) is 3.10. The van der Waals surface area contributed by atoms with E-state index in [2.05, 4.69) is 42.5 Å². The third-order valence-corrected chi connectivity index (χ3v) is 4.83. The Hall–Kier alpha value is -2.44. The zero-order valence-electron chi connectivity index (χ0n) is 14.4. The van der Waals surface area contributed by atoms with Crippen molar-refractivity contribution in [1.29, 1.82) is 0 Å². The van der Waals surface area contributed by atoms with Crippen LogP contribution in [-0.2, 0) is 0 Å². The summed E-state index contributed by atoms with van der Waals surface area (Å²) in [6.45, 7) is 1.93. The lowest BCUT2D eigenvalue weighted by Crippen LogP contribution is -2.17. The number of carbonyl (C=O) groups is 2. The zero-order valence-corrected chi connectivity index (χ0v) is 17.6. The minimum atomic E-state index is -0.252. The fourth-order valence-electron chi connectivity index (χ4n) is 2.52. The number of amides is 2. The first-order chi connectivity index (χ1) is 12.9. The van der Waals surface area contributed by atoms with Crippen LogP contribution in [0.3, 0.4) is 0 Å². The maximum absolute atomic E-state index is 12.6. The molecule has 0 heterocycles. The van der Waals surface area contributed by atoms with Gasteiger partial charge in [0.05, 0.1) is 11.4 Å². The smallest absolute Gasteiger partial charge is 0.255 e. The van der Waals surface area contributed by atoms with Crippen molar-refractivity contribution in [3.05, 3.63) is 92.4 Å². The molecular weight excluding hydrogens is 472 g/mol. The van der Waals surface area contributed by atoms with Crippen molar-refractivity contribution in [1.82, 2.24) is 0 Å². The van der Waals surface area contributed by atoms with Crippen LogP contribution in [0.15, 0.2) is 75.7 Å². The van der Waals surface area contributed by atoms with Crippen molar-refractivity contribution in [2.24, 2.45) is 0 Å². The first-order valence-electron chi connectivity index (χ1n) is 8.17. The molecule has 27 heavy (non-hydrogen) atoms. The number of halogens is 2. The maximum Gasteiger partial charge on any atom is 0.255 e. The Morgan fingerprint density at radius 1 is 0.704 bits per heavy atom. The topological polar surface area (TPSA) is 58.2 Å². The molecule has 0 aliphatic carbocycles. The molecule has 2 amide bonds. The van der Waals surface area contributed by atoms with E-state index < -0.39 is 0 Å². The summed E-state index contributed by atoms with van der Waals surface area (Å²) < 4.78 is 1.64. The lowest BCUT2D eigenvalue weighted by Gasteiger charge is -2.14. The Balaban J connectivity index is 1.85. The second-order valence-corrected chi connectivity index (χ2v) is 7.81. The third-order valence-electron chi connectivity index (χ3n) is 3.85. The monoisotopic (exact) mass is 486 g/mol. The van der Waals surface area contributed by atoms with Crippen molar-refractivity contribution >= 4 is 55.0 Å². The van der Waals surface area contributed by atoms with Crippen LogP contribution < -0.4 is 10.6 Å². The molecule has 0 bridgehead atoms. The van der Waals surface area contributed by atoms with E-state index in [0.717, 1.165) is 14.5 Å². The van der Waals surface area contributed by atoms with Crippen LogP contribution >= 0.6 is 31.9 Å². The van der Waals surface area contributed by atoms with E-state index in [0.29, 0.717) is 22.5 Å². The van der Waals surface area contributed by atoms with Crippen LogP contribution in [0.5, 0.6) is 0 Å². The molecule has 3 aromatic rings. The minimum Gasteiger partial charge on any atom is -0.320 e. The van der Waals surface area contributed by atoms with Crippen LogP contribution in [0.2, 0.25) is 0 Å². The van der Waals surface area contributed by atoms with Gasteiger partial charge in [0.15, 0.2) is 0 Å². The van der Waals surface area contributed by atoms with Crippen molar-refractivity contribution in [2.75, 3.05) is 10.6 Å². The van der Waals surface area contributed by atoms with Crippen LogP contribution in [0, 0.1) is 6.92 Å². The highest BCUT2D eigenvalue weighted by molar-refractivity contribution is 9.10. The van der Waals surface area contributed by atoms with Gasteiger partial charge < -0.3 is 10.6 Å². The molecule has 0 fully saturated rings. The van der Waals surface area contributed by atoms with E-state index in [1.165, 1.54) is 0 Å². The molecule has 0 saturated heterocycles. The number of anilines is 2. The summed E-state index contributed by atoms with van der Waals surface area (Å²) in [5.74, 6) is -0.502. The lowest BCUT2D eigenvalue weighted by molar-refractivity contribution is 0.101. The van der Waals surface area contributed by atoms with E-state index in [4.69, 9.17) is 0 Å². The molecule has 6 heteroatoms. The SMILES string of the molecule is Cc1ccc(NC(=O)c2cccc(Br)c2)c(NC(=O)c2cccc(Br)c2)c1. The van der Waals surface area contributed by atoms with Crippen LogP contribution in [0.25, 0.3) is 0 Å². The number of aryl methyl sites for hydroxylation is 1. The van der Waals surface area contributed by atoms with E-state index in [9.17, 15) is 9.59 Å². The predicted molar refractivity (Wildman–Crippen MR) is 115 cm³/mol. The van der Waals surface area contributed by atoms with Gasteiger partial charge in [-0.2, -0.15) is 0 Å². The van der Waals surface area contributed by atoms with Crippen LogP contribution in [0.4, 0.5) is 11.4 Å². The standard InChI is InChI=1S/C21H16Br2N2O2/c1-13-8-9-18(24-20(26)14-4-2-6-16(22)11-14)19(10-13)25-21(27)15-5-3-7-17(23)12-15/h2-12H,1H3,(H,24,26)(H,25,27). The first kappa shape index (κ1) is 19.3. The second kappa shape index (κ2) is 8.50. The Bertz CT molecular complexity index is 1020. The van der Waals surface area contributed by atoms with Gasteiger partial charge in [-0.15, -0.1) is 0 Å². The summed E-state index contributed by atoms with van der Waals surface area (Å²) in [6, 6.07) is 19.7. The molecule has 3 rings (SSSR count). The van der Waals surface area contributed by atoms with Crippen molar-refractivity contribution in [3.8, 4) is 0 Å². The first-order valence-corrected chi connectivity index (χ1v) is 9.75. The molecule has 0 aliphatic heterocycles. The molecule has 3 aromatic carbocycles. The fourth-order valence-corrected chi connectivity index (χ4v) is 3.32. The Morgan fingerprint density at radius 3 is 1.74 bits per heavy atom. The van der Waals surface area contributed by atoms with Gasteiger partial charge in [-0.3, -0.25) is 9.59 Å². The summed E-state index contributed by atoms with van der Waals surface area (Å²) in [5, 5.41) is 5.75. The summed E-state index contributed by atoms with van der Waals surface area (Å²) in [4.78, 5) is 25.1. The van der Waals surface area contributed by atoms with Gasteiger partial charge in [-0.05, 0) is 61.0 Å². The average Bonchev–Trinajstić information content (AvgIpc) is 2.64. The Kier molecular flexibility index (Phi) is 6.08. The van der Waals surface area contributed by atoms with E-state index in [1.54, 1.807) is 42.5 Å². The Morgan fingerprint density at radius 2 is 1.22 bits per heavy atom. The lowest BCUT2D eigenvalue weighted by atomic mass is 10.1. The molecule has 0 radical (unpaired) electrons. The molecule has 0 aliphatic rings. The number of hydrogen-bond acceptors (Lipinski definition) is 2. The molecule has 4 nitrogen and oxygen atoms in total. The average molecular weight is 488 g/mol. The highest BCUT2D eigenvalue weighted by Crippen LogP contribution is 2.25. The van der Waals surface area contributed by atoms with E-state index >= 15 is 0 Å². The highest BCUT2D eigenvalue weighted by atomic mass is 79.9. The summed E-state index contributed by atoms with van der Waals surface area (Å²) in [7, 11) is 0. The predicted octanol–water partition coefficient (Wildman–Crippen LogP) is 6.02. The number of rotatable bonds is 4. The van der Waals surface area contributed by atoms with E-state index in [1.807, 2.05) is 31.2 Å². The van der Waals surface area contributed by atoms with Crippen molar-refractivity contribution in [2.45, 2.75) is 6.92 Å². The van der Waals surface area contributed by atoms with Gasteiger partial charge in [0.1, 0.15) is 0 Å².